The molecule has 3 nitrogen and oxygen atoms in total. The number of methoxy groups -OCH3 is 1. The molecule has 102 valence electrons. The first-order chi connectivity index (χ1) is 8.71. The van der Waals surface area contributed by atoms with Gasteiger partial charge in [0.15, 0.2) is 0 Å². The van der Waals surface area contributed by atoms with Gasteiger partial charge in [-0.15, -0.1) is 0 Å². The van der Waals surface area contributed by atoms with Gasteiger partial charge in [-0.25, -0.2) is 0 Å². The van der Waals surface area contributed by atoms with Crippen molar-refractivity contribution >= 4 is 0 Å². The number of hydrogen-bond acceptors (Lipinski definition) is 3. The summed E-state index contributed by atoms with van der Waals surface area (Å²) in [5, 5.41) is 3.50. The molecule has 0 aliphatic carbocycles. The summed E-state index contributed by atoms with van der Waals surface area (Å²) in [4.78, 5) is 2.34. The molecule has 0 fully saturated rings. The molecule has 18 heavy (non-hydrogen) atoms. The monoisotopic (exact) mass is 250 g/mol. The van der Waals surface area contributed by atoms with Crippen LogP contribution in [0.2, 0.25) is 0 Å². The Morgan fingerprint density at radius 2 is 2.00 bits per heavy atom. The molecule has 0 aromatic heterocycles. The topological polar surface area (TPSA) is 24.5 Å². The quantitative estimate of drug-likeness (QED) is 0.767. The Kier molecular flexibility index (Phi) is 6.76. The molecule has 0 saturated carbocycles. The fourth-order valence-electron chi connectivity index (χ4n) is 2.19. The molecule has 0 bridgehead atoms. The third-order valence-corrected chi connectivity index (χ3v) is 3.15. The number of rotatable bonds is 8. The number of likely N-dealkylation sites (N-methyl/N-ethyl adjacent to an activating group) is 2. The van der Waals surface area contributed by atoms with Gasteiger partial charge in [-0.2, -0.15) is 0 Å². The Morgan fingerprint density at radius 1 is 1.28 bits per heavy atom. The second kappa shape index (κ2) is 8.11. The van der Waals surface area contributed by atoms with E-state index in [2.05, 4.69) is 43.2 Å². The molecule has 0 radical (unpaired) electrons. The van der Waals surface area contributed by atoms with E-state index in [0.29, 0.717) is 6.04 Å². The van der Waals surface area contributed by atoms with E-state index >= 15 is 0 Å². The smallest absolute Gasteiger partial charge is 0.123 e. The molecule has 1 aromatic rings. The zero-order valence-electron chi connectivity index (χ0n) is 12.1. The van der Waals surface area contributed by atoms with Crippen LogP contribution in [-0.4, -0.2) is 38.2 Å². The van der Waals surface area contributed by atoms with Crippen molar-refractivity contribution in [3.63, 3.8) is 0 Å². The van der Waals surface area contributed by atoms with E-state index in [1.807, 2.05) is 12.1 Å². The maximum Gasteiger partial charge on any atom is 0.123 e. The molecule has 1 rings (SSSR count). The summed E-state index contributed by atoms with van der Waals surface area (Å²) in [7, 11) is 3.89. The average Bonchev–Trinajstić information content (AvgIpc) is 2.38. The number of para-hydroxylation sites is 1. The molecule has 3 heteroatoms. The summed E-state index contributed by atoms with van der Waals surface area (Å²) >= 11 is 0. The summed E-state index contributed by atoms with van der Waals surface area (Å²) in [6, 6.07) is 8.78. The molecule has 1 atom stereocenters. The lowest BCUT2D eigenvalue weighted by Gasteiger charge is -2.24. The Morgan fingerprint density at radius 3 is 2.61 bits per heavy atom. The van der Waals surface area contributed by atoms with Crippen molar-refractivity contribution in [1.29, 1.82) is 0 Å². The van der Waals surface area contributed by atoms with Crippen molar-refractivity contribution in [2.45, 2.75) is 32.9 Å². The summed E-state index contributed by atoms with van der Waals surface area (Å²) in [6.07, 6.45) is 1.16. The van der Waals surface area contributed by atoms with E-state index in [1.165, 1.54) is 5.56 Å². The first kappa shape index (κ1) is 15.0. The third-order valence-electron chi connectivity index (χ3n) is 3.15. The van der Waals surface area contributed by atoms with E-state index in [1.54, 1.807) is 7.11 Å². The second-order valence-corrected chi connectivity index (χ2v) is 4.67. The van der Waals surface area contributed by atoms with Gasteiger partial charge in [0.05, 0.1) is 7.11 Å². The van der Waals surface area contributed by atoms with Crippen LogP contribution in [0.5, 0.6) is 5.75 Å². The van der Waals surface area contributed by atoms with Gasteiger partial charge in [0.25, 0.3) is 0 Å². The maximum atomic E-state index is 5.38. The SMILES string of the molecule is CCNC(CC)CN(C)Cc1ccccc1OC. The lowest BCUT2D eigenvalue weighted by molar-refractivity contribution is 0.275. The molecule has 0 aliphatic rings. The summed E-state index contributed by atoms with van der Waals surface area (Å²) < 4.78 is 5.38. The zero-order chi connectivity index (χ0) is 13.4. The van der Waals surface area contributed by atoms with Crippen molar-refractivity contribution in [3.8, 4) is 5.75 Å². The molecule has 0 amide bonds. The minimum absolute atomic E-state index is 0.565. The van der Waals surface area contributed by atoms with Crippen molar-refractivity contribution in [2.24, 2.45) is 0 Å². The Hall–Kier alpha value is -1.06. The molecule has 1 aromatic carbocycles. The van der Waals surface area contributed by atoms with Gasteiger partial charge >= 0.3 is 0 Å². The third kappa shape index (κ3) is 4.67. The molecule has 0 spiro atoms. The maximum absolute atomic E-state index is 5.38. The summed E-state index contributed by atoms with van der Waals surface area (Å²) in [5.41, 5.74) is 1.24. The highest BCUT2D eigenvalue weighted by Crippen LogP contribution is 2.18. The number of benzene rings is 1. The Balaban J connectivity index is 2.55. The van der Waals surface area contributed by atoms with Crippen molar-refractivity contribution in [3.05, 3.63) is 29.8 Å². The van der Waals surface area contributed by atoms with Crippen molar-refractivity contribution in [2.75, 3.05) is 27.2 Å². The lowest BCUT2D eigenvalue weighted by atomic mass is 10.1. The van der Waals surface area contributed by atoms with E-state index in [0.717, 1.165) is 31.8 Å². The largest absolute Gasteiger partial charge is 0.496 e. The number of nitrogens with zero attached hydrogens (tertiary/aromatic N) is 1. The van der Waals surface area contributed by atoms with Crippen LogP contribution in [0.3, 0.4) is 0 Å². The van der Waals surface area contributed by atoms with Gasteiger partial charge < -0.3 is 15.0 Å². The molecule has 1 unspecified atom stereocenters. The van der Waals surface area contributed by atoms with Crippen LogP contribution in [0.25, 0.3) is 0 Å². The van der Waals surface area contributed by atoms with Gasteiger partial charge in [-0.3, -0.25) is 0 Å². The molecular formula is C15H26N2O. The number of hydrogen-bond donors (Lipinski definition) is 1. The van der Waals surface area contributed by atoms with Gasteiger partial charge in [-0.05, 0) is 26.1 Å². The van der Waals surface area contributed by atoms with Gasteiger partial charge in [0.1, 0.15) is 5.75 Å². The van der Waals surface area contributed by atoms with E-state index < -0.39 is 0 Å². The number of ether oxygens (including phenoxy) is 1. The fraction of sp³-hybridized carbons (Fsp3) is 0.600. The van der Waals surface area contributed by atoms with E-state index in [9.17, 15) is 0 Å². The lowest BCUT2D eigenvalue weighted by Crippen LogP contribution is -2.38. The minimum Gasteiger partial charge on any atom is -0.496 e. The van der Waals surface area contributed by atoms with Crippen LogP contribution in [-0.2, 0) is 6.54 Å². The highest BCUT2D eigenvalue weighted by atomic mass is 16.5. The first-order valence-corrected chi connectivity index (χ1v) is 6.75. The van der Waals surface area contributed by atoms with E-state index in [4.69, 9.17) is 4.74 Å². The average molecular weight is 250 g/mol. The van der Waals surface area contributed by atoms with Crippen LogP contribution >= 0.6 is 0 Å². The normalized spacial score (nSPS) is 12.7. The van der Waals surface area contributed by atoms with Gasteiger partial charge in [0.2, 0.25) is 0 Å². The molecule has 0 heterocycles. The molecule has 1 N–H and O–H groups in total. The van der Waals surface area contributed by atoms with E-state index in [-0.39, 0.29) is 0 Å². The first-order valence-electron chi connectivity index (χ1n) is 6.75. The van der Waals surface area contributed by atoms with Crippen LogP contribution in [0.1, 0.15) is 25.8 Å². The van der Waals surface area contributed by atoms with Crippen LogP contribution in [0.15, 0.2) is 24.3 Å². The second-order valence-electron chi connectivity index (χ2n) is 4.67. The highest BCUT2D eigenvalue weighted by molar-refractivity contribution is 5.32. The van der Waals surface area contributed by atoms with Crippen molar-refractivity contribution in [1.82, 2.24) is 10.2 Å². The molecule has 0 saturated heterocycles. The van der Waals surface area contributed by atoms with Gasteiger partial charge in [0, 0.05) is 24.7 Å². The minimum atomic E-state index is 0.565. The predicted octanol–water partition coefficient (Wildman–Crippen LogP) is 2.52. The number of nitrogens with one attached hydrogen (secondary N) is 1. The van der Waals surface area contributed by atoms with Crippen LogP contribution < -0.4 is 10.1 Å². The Labute approximate surface area is 111 Å². The van der Waals surface area contributed by atoms with Gasteiger partial charge in [-0.1, -0.05) is 32.0 Å². The summed E-state index contributed by atoms with van der Waals surface area (Å²) in [5.74, 6) is 0.973. The molecular weight excluding hydrogens is 224 g/mol. The summed E-state index contributed by atoms with van der Waals surface area (Å²) in [6.45, 7) is 7.39. The Bertz CT molecular complexity index is 341. The predicted molar refractivity (Wildman–Crippen MR) is 77.1 cm³/mol. The van der Waals surface area contributed by atoms with Crippen LogP contribution in [0, 0.1) is 0 Å². The standard InChI is InChI=1S/C15H26N2O/c1-5-14(16-6-2)12-17(3)11-13-9-7-8-10-15(13)18-4/h7-10,14,16H,5-6,11-12H2,1-4H3. The fourth-order valence-corrected chi connectivity index (χ4v) is 2.19. The van der Waals surface area contributed by atoms with Crippen molar-refractivity contribution < 1.29 is 4.74 Å². The molecule has 0 aliphatic heterocycles. The van der Waals surface area contributed by atoms with Crippen LogP contribution in [0.4, 0.5) is 0 Å². The highest BCUT2D eigenvalue weighted by Gasteiger charge is 2.10. The zero-order valence-corrected chi connectivity index (χ0v) is 12.1.